The largest absolute Gasteiger partial charge is 0.282 e. The molecule has 0 aliphatic rings. The number of aryl methyl sites for hydroxylation is 1. The van der Waals surface area contributed by atoms with Crippen molar-refractivity contribution in [1.82, 2.24) is 29.8 Å². The third-order valence-electron chi connectivity index (χ3n) is 2.26. The van der Waals surface area contributed by atoms with Crippen LogP contribution in [0.3, 0.4) is 0 Å². The van der Waals surface area contributed by atoms with Crippen molar-refractivity contribution in [2.75, 3.05) is 0 Å². The van der Waals surface area contributed by atoms with Gasteiger partial charge in [0.25, 0.3) is 5.78 Å². The van der Waals surface area contributed by atoms with Crippen LogP contribution < -0.4 is 0 Å². The molecule has 0 amide bonds. The molecule has 3 rings (SSSR count). The minimum absolute atomic E-state index is 0.591. The molecule has 0 radical (unpaired) electrons. The van der Waals surface area contributed by atoms with E-state index in [1.807, 2.05) is 23.6 Å². The highest BCUT2D eigenvalue weighted by atomic mass is 15.3. The molecule has 3 aromatic heterocycles. The van der Waals surface area contributed by atoms with Crippen molar-refractivity contribution in [2.45, 2.75) is 6.92 Å². The molecule has 0 aromatic carbocycles. The zero-order valence-electron chi connectivity index (χ0n) is 8.05. The summed E-state index contributed by atoms with van der Waals surface area (Å²) in [6.45, 7) is 1.94. The van der Waals surface area contributed by atoms with Gasteiger partial charge in [-0.25, -0.2) is 4.98 Å². The van der Waals surface area contributed by atoms with Crippen LogP contribution in [0.4, 0.5) is 0 Å². The summed E-state index contributed by atoms with van der Waals surface area (Å²) in [5, 5.41) is 14.9. The number of aromatic amines is 1. The summed E-state index contributed by atoms with van der Waals surface area (Å²) in [7, 11) is 0. The fourth-order valence-electron chi connectivity index (χ4n) is 1.50. The molecule has 0 saturated carbocycles. The first kappa shape index (κ1) is 8.10. The maximum absolute atomic E-state index is 4.10. The van der Waals surface area contributed by atoms with Gasteiger partial charge in [-0.15, -0.1) is 10.2 Å². The summed E-state index contributed by atoms with van der Waals surface area (Å²) < 4.78 is 1.83. The van der Waals surface area contributed by atoms with Crippen molar-refractivity contribution in [1.29, 1.82) is 0 Å². The summed E-state index contributed by atoms with van der Waals surface area (Å²) >= 11 is 0. The van der Waals surface area contributed by atoms with Gasteiger partial charge in [0.2, 0.25) is 0 Å². The SMILES string of the molecule is Cc1[nH]ncc1-c1nnc2ncccn12. The molecule has 1 N–H and O–H groups in total. The Labute approximate surface area is 85.0 Å². The fourth-order valence-corrected chi connectivity index (χ4v) is 1.50. The van der Waals surface area contributed by atoms with E-state index in [9.17, 15) is 0 Å². The summed E-state index contributed by atoms with van der Waals surface area (Å²) in [5.74, 6) is 1.34. The average molecular weight is 200 g/mol. The van der Waals surface area contributed by atoms with Crippen LogP contribution in [0.25, 0.3) is 17.2 Å². The third kappa shape index (κ3) is 1.11. The number of aromatic nitrogens is 6. The number of H-pyrrole nitrogens is 1. The highest BCUT2D eigenvalue weighted by Gasteiger charge is 2.11. The number of nitrogens with zero attached hydrogens (tertiary/aromatic N) is 5. The van der Waals surface area contributed by atoms with E-state index in [2.05, 4.69) is 25.4 Å². The van der Waals surface area contributed by atoms with Gasteiger partial charge in [0, 0.05) is 18.1 Å². The van der Waals surface area contributed by atoms with Gasteiger partial charge in [-0.05, 0) is 13.0 Å². The zero-order chi connectivity index (χ0) is 10.3. The van der Waals surface area contributed by atoms with Crippen LogP contribution in [0.15, 0.2) is 24.7 Å². The first-order valence-corrected chi connectivity index (χ1v) is 4.52. The Bertz CT molecular complexity index is 608. The van der Waals surface area contributed by atoms with E-state index in [0.29, 0.717) is 5.78 Å². The molecule has 0 bridgehead atoms. The Kier molecular flexibility index (Phi) is 1.55. The van der Waals surface area contributed by atoms with Crippen molar-refractivity contribution in [3.05, 3.63) is 30.4 Å². The number of hydrogen-bond donors (Lipinski definition) is 1. The van der Waals surface area contributed by atoms with Crippen LogP contribution in [0.1, 0.15) is 5.69 Å². The lowest BCUT2D eigenvalue weighted by atomic mass is 10.2. The van der Waals surface area contributed by atoms with E-state index in [4.69, 9.17) is 0 Å². The van der Waals surface area contributed by atoms with E-state index in [1.165, 1.54) is 0 Å². The van der Waals surface area contributed by atoms with E-state index in [-0.39, 0.29) is 0 Å². The lowest BCUT2D eigenvalue weighted by molar-refractivity contribution is 1.04. The Balaban J connectivity index is 2.32. The number of hydrogen-bond acceptors (Lipinski definition) is 4. The molecule has 0 unspecified atom stereocenters. The van der Waals surface area contributed by atoms with Gasteiger partial charge in [0.05, 0.1) is 11.8 Å². The maximum atomic E-state index is 4.10. The molecule has 3 heterocycles. The second kappa shape index (κ2) is 2.88. The normalized spacial score (nSPS) is 11.0. The van der Waals surface area contributed by atoms with Gasteiger partial charge >= 0.3 is 0 Å². The Morgan fingerprint density at radius 1 is 1.33 bits per heavy atom. The van der Waals surface area contributed by atoms with Crippen LogP contribution in [0.2, 0.25) is 0 Å². The van der Waals surface area contributed by atoms with Gasteiger partial charge in [-0.2, -0.15) is 5.10 Å². The molecule has 0 saturated heterocycles. The van der Waals surface area contributed by atoms with Gasteiger partial charge in [-0.3, -0.25) is 9.50 Å². The predicted molar refractivity (Wildman–Crippen MR) is 53.1 cm³/mol. The molecule has 0 aliphatic carbocycles. The lowest BCUT2D eigenvalue weighted by Gasteiger charge is -1.95. The van der Waals surface area contributed by atoms with Crippen LogP contribution in [0.5, 0.6) is 0 Å². The number of rotatable bonds is 1. The summed E-state index contributed by atoms with van der Waals surface area (Å²) in [4.78, 5) is 4.10. The lowest BCUT2D eigenvalue weighted by Crippen LogP contribution is -1.90. The zero-order valence-corrected chi connectivity index (χ0v) is 8.05. The first-order valence-electron chi connectivity index (χ1n) is 4.52. The summed E-state index contributed by atoms with van der Waals surface area (Å²) in [5.41, 5.74) is 1.91. The highest BCUT2D eigenvalue weighted by Crippen LogP contribution is 2.18. The second-order valence-electron chi connectivity index (χ2n) is 3.22. The smallest absolute Gasteiger partial charge is 0.255 e. The Morgan fingerprint density at radius 2 is 2.27 bits per heavy atom. The van der Waals surface area contributed by atoms with Crippen molar-refractivity contribution >= 4 is 5.78 Å². The van der Waals surface area contributed by atoms with Gasteiger partial charge < -0.3 is 0 Å². The van der Waals surface area contributed by atoms with E-state index >= 15 is 0 Å². The van der Waals surface area contributed by atoms with Crippen molar-refractivity contribution in [2.24, 2.45) is 0 Å². The number of nitrogens with one attached hydrogen (secondary N) is 1. The van der Waals surface area contributed by atoms with Gasteiger partial charge in [0.15, 0.2) is 5.82 Å². The quantitative estimate of drug-likeness (QED) is 0.631. The molecule has 6 heteroatoms. The monoisotopic (exact) mass is 200 g/mol. The summed E-state index contributed by atoms with van der Waals surface area (Å²) in [6, 6.07) is 1.84. The highest BCUT2D eigenvalue weighted by molar-refractivity contribution is 5.59. The van der Waals surface area contributed by atoms with Gasteiger partial charge in [-0.1, -0.05) is 0 Å². The molecule has 3 aromatic rings. The molecule has 0 fully saturated rings. The molecule has 0 spiro atoms. The molecule has 0 atom stereocenters. The van der Waals surface area contributed by atoms with Crippen molar-refractivity contribution in [3.63, 3.8) is 0 Å². The van der Waals surface area contributed by atoms with Crippen LogP contribution in [-0.2, 0) is 0 Å². The minimum atomic E-state index is 0.591. The molecule has 0 aliphatic heterocycles. The van der Waals surface area contributed by atoms with E-state index in [0.717, 1.165) is 17.1 Å². The molecular formula is C9H8N6. The average Bonchev–Trinajstić information content (AvgIpc) is 2.83. The Morgan fingerprint density at radius 3 is 3.07 bits per heavy atom. The van der Waals surface area contributed by atoms with E-state index in [1.54, 1.807) is 12.4 Å². The second-order valence-corrected chi connectivity index (χ2v) is 3.22. The summed E-state index contributed by atoms with van der Waals surface area (Å²) in [6.07, 6.45) is 5.30. The molecule has 6 nitrogen and oxygen atoms in total. The Hall–Kier alpha value is -2.24. The predicted octanol–water partition coefficient (Wildman–Crippen LogP) is 0.823. The molecule has 74 valence electrons. The van der Waals surface area contributed by atoms with Crippen LogP contribution in [-0.4, -0.2) is 29.8 Å². The third-order valence-corrected chi connectivity index (χ3v) is 2.26. The van der Waals surface area contributed by atoms with Gasteiger partial charge in [0.1, 0.15) is 0 Å². The molecular weight excluding hydrogens is 192 g/mol. The standard InChI is InChI=1S/C9H8N6/c1-6-7(5-11-12-6)8-13-14-9-10-3-2-4-15(8)9/h2-5H,1H3,(H,11,12). The number of fused-ring (bicyclic) bond motifs is 1. The van der Waals surface area contributed by atoms with Crippen molar-refractivity contribution in [3.8, 4) is 11.4 Å². The topological polar surface area (TPSA) is 71.8 Å². The fraction of sp³-hybridized carbons (Fsp3) is 0.111. The van der Waals surface area contributed by atoms with Crippen LogP contribution in [0, 0.1) is 6.92 Å². The van der Waals surface area contributed by atoms with E-state index < -0.39 is 0 Å². The first-order chi connectivity index (χ1) is 7.36. The van der Waals surface area contributed by atoms with Crippen LogP contribution >= 0.6 is 0 Å². The molecule has 15 heavy (non-hydrogen) atoms. The van der Waals surface area contributed by atoms with Crippen molar-refractivity contribution < 1.29 is 0 Å². The minimum Gasteiger partial charge on any atom is -0.282 e. The maximum Gasteiger partial charge on any atom is 0.255 e.